The molecule has 2 aromatic carbocycles. The lowest BCUT2D eigenvalue weighted by atomic mass is 10.2. The first-order valence-corrected chi connectivity index (χ1v) is 11.0. The number of aromatic nitrogens is 1. The molecule has 0 saturated carbocycles. The molecule has 156 valence electrons. The molecule has 0 bridgehead atoms. The van der Waals surface area contributed by atoms with Crippen LogP contribution in [0.4, 0.5) is 5.88 Å². The van der Waals surface area contributed by atoms with Crippen LogP contribution in [0, 0.1) is 0 Å². The van der Waals surface area contributed by atoms with Crippen molar-refractivity contribution in [2.24, 2.45) is 0 Å². The molecule has 0 radical (unpaired) electrons. The first-order chi connectivity index (χ1) is 14.6. The lowest BCUT2D eigenvalue weighted by molar-refractivity contribution is 0.120. The van der Waals surface area contributed by atoms with E-state index in [4.69, 9.17) is 13.9 Å². The number of rotatable bonds is 6. The quantitative estimate of drug-likeness (QED) is 0.596. The maximum atomic E-state index is 13.2. The van der Waals surface area contributed by atoms with Gasteiger partial charge in [0.05, 0.1) is 25.2 Å². The lowest BCUT2D eigenvalue weighted by Crippen LogP contribution is -2.36. The fourth-order valence-corrected chi connectivity index (χ4v) is 4.47. The summed E-state index contributed by atoms with van der Waals surface area (Å²) in [6.45, 7) is 2.08. The van der Waals surface area contributed by atoms with Crippen molar-refractivity contribution in [1.29, 1.82) is 0 Å². The number of oxazole rings is 1. The Labute approximate surface area is 175 Å². The van der Waals surface area contributed by atoms with Gasteiger partial charge in [-0.2, -0.15) is 4.98 Å². The first kappa shape index (κ1) is 20.2. The molecule has 0 atom stereocenters. The van der Waals surface area contributed by atoms with Crippen molar-refractivity contribution in [3.63, 3.8) is 0 Å². The number of nitrogens with zero attached hydrogens (tertiary/aromatic N) is 2. The molecule has 0 N–H and O–H groups in total. The number of methoxy groups -OCH3 is 1. The number of hydrogen-bond donors (Lipinski definition) is 0. The van der Waals surface area contributed by atoms with E-state index in [9.17, 15) is 8.42 Å². The van der Waals surface area contributed by atoms with Gasteiger partial charge in [0.15, 0.2) is 0 Å². The van der Waals surface area contributed by atoms with Gasteiger partial charge in [-0.05, 0) is 35.9 Å². The third-order valence-electron chi connectivity index (χ3n) is 4.74. The minimum atomic E-state index is -3.83. The van der Waals surface area contributed by atoms with Crippen molar-refractivity contribution in [2.45, 2.75) is 9.92 Å². The van der Waals surface area contributed by atoms with Gasteiger partial charge in [0.25, 0.3) is 0 Å². The van der Waals surface area contributed by atoms with Crippen molar-refractivity contribution in [3.8, 4) is 5.75 Å². The largest absolute Gasteiger partial charge is 0.497 e. The third-order valence-corrected chi connectivity index (χ3v) is 6.40. The number of anilines is 1. The summed E-state index contributed by atoms with van der Waals surface area (Å²) in [5.41, 5.74) is 0.911. The van der Waals surface area contributed by atoms with E-state index in [0.717, 1.165) is 11.3 Å². The van der Waals surface area contributed by atoms with E-state index >= 15 is 0 Å². The Hall–Kier alpha value is -3.10. The summed E-state index contributed by atoms with van der Waals surface area (Å²) in [6, 6.07) is 15.7. The maximum absolute atomic E-state index is 13.2. The molecule has 0 spiro atoms. The molecule has 0 aliphatic carbocycles. The fourth-order valence-electron chi connectivity index (χ4n) is 3.12. The van der Waals surface area contributed by atoms with Gasteiger partial charge in [-0.15, -0.1) is 0 Å². The lowest BCUT2D eigenvalue weighted by Gasteiger charge is -2.26. The molecule has 1 aliphatic heterocycles. The molecule has 8 heteroatoms. The monoisotopic (exact) mass is 426 g/mol. The van der Waals surface area contributed by atoms with E-state index in [1.807, 2.05) is 35.2 Å². The Morgan fingerprint density at radius 3 is 2.37 bits per heavy atom. The van der Waals surface area contributed by atoms with Gasteiger partial charge < -0.3 is 18.8 Å². The molecule has 2 heterocycles. The van der Waals surface area contributed by atoms with Crippen LogP contribution in [0.2, 0.25) is 0 Å². The van der Waals surface area contributed by atoms with Gasteiger partial charge in [0, 0.05) is 19.2 Å². The highest BCUT2D eigenvalue weighted by Crippen LogP contribution is 2.32. The highest BCUT2D eigenvalue weighted by Gasteiger charge is 2.31. The molecule has 7 nitrogen and oxygen atoms in total. The second-order valence-electron chi connectivity index (χ2n) is 6.68. The SMILES string of the molecule is COc1ccc(/C=C/c2nc(S(=O)(=O)c3ccccc3)c(N3CCOCC3)o2)cc1. The van der Waals surface area contributed by atoms with Crippen LogP contribution in [0.3, 0.4) is 0 Å². The van der Waals surface area contributed by atoms with Gasteiger partial charge in [-0.25, -0.2) is 8.42 Å². The Balaban J connectivity index is 1.71. The molecular formula is C22H22N2O5S. The summed E-state index contributed by atoms with van der Waals surface area (Å²) in [7, 11) is -2.22. The van der Waals surface area contributed by atoms with E-state index < -0.39 is 9.84 Å². The maximum Gasteiger partial charge on any atom is 0.236 e. The van der Waals surface area contributed by atoms with Gasteiger partial charge in [0.1, 0.15) is 5.75 Å². The Morgan fingerprint density at radius 2 is 1.70 bits per heavy atom. The van der Waals surface area contributed by atoms with E-state index in [0.29, 0.717) is 26.3 Å². The summed E-state index contributed by atoms with van der Waals surface area (Å²) in [5.74, 6) is 1.23. The van der Waals surface area contributed by atoms with Crippen LogP contribution >= 0.6 is 0 Å². The number of hydrogen-bond acceptors (Lipinski definition) is 7. The third kappa shape index (κ3) is 4.24. The van der Waals surface area contributed by atoms with Gasteiger partial charge in [0.2, 0.25) is 26.6 Å². The normalized spacial score (nSPS) is 14.9. The summed E-state index contributed by atoms with van der Waals surface area (Å²) < 4.78 is 42.9. The molecule has 0 amide bonds. The van der Waals surface area contributed by atoms with Crippen molar-refractivity contribution >= 4 is 27.9 Å². The van der Waals surface area contributed by atoms with E-state index in [2.05, 4.69) is 4.98 Å². The standard InChI is InChI=1S/C22H22N2O5S/c1-27-18-10-7-17(8-11-18)9-12-20-23-21(22(29-20)24-13-15-28-16-14-24)30(25,26)19-5-3-2-4-6-19/h2-12H,13-16H2,1H3/b12-9+. The van der Waals surface area contributed by atoms with Crippen molar-refractivity contribution < 1.29 is 22.3 Å². The highest BCUT2D eigenvalue weighted by molar-refractivity contribution is 7.91. The molecule has 4 rings (SSSR count). The zero-order chi connectivity index (χ0) is 21.0. The molecule has 1 fully saturated rings. The summed E-state index contributed by atoms with van der Waals surface area (Å²) in [5, 5.41) is -0.0787. The molecule has 3 aromatic rings. The van der Waals surface area contributed by atoms with Gasteiger partial charge in [-0.3, -0.25) is 0 Å². The van der Waals surface area contributed by atoms with Crippen LogP contribution in [0.15, 0.2) is 68.9 Å². The van der Waals surface area contributed by atoms with Crippen molar-refractivity contribution in [2.75, 3.05) is 38.3 Å². The van der Waals surface area contributed by atoms with Crippen LogP contribution in [-0.2, 0) is 14.6 Å². The zero-order valence-electron chi connectivity index (χ0n) is 16.5. The number of sulfone groups is 1. The number of ether oxygens (including phenoxy) is 2. The van der Waals surface area contributed by atoms with E-state index in [-0.39, 0.29) is 21.7 Å². The summed E-state index contributed by atoms with van der Waals surface area (Å²) in [4.78, 5) is 6.37. The topological polar surface area (TPSA) is 81.9 Å². The predicted molar refractivity (Wildman–Crippen MR) is 113 cm³/mol. The summed E-state index contributed by atoms with van der Waals surface area (Å²) in [6.07, 6.45) is 3.48. The molecule has 0 unspecified atom stereocenters. The Morgan fingerprint density at radius 1 is 1.00 bits per heavy atom. The van der Waals surface area contributed by atoms with Crippen LogP contribution in [-0.4, -0.2) is 46.8 Å². The van der Waals surface area contributed by atoms with Crippen LogP contribution in [0.1, 0.15) is 11.5 Å². The highest BCUT2D eigenvalue weighted by atomic mass is 32.2. The summed E-state index contributed by atoms with van der Waals surface area (Å²) >= 11 is 0. The molecular weight excluding hydrogens is 404 g/mol. The van der Waals surface area contributed by atoms with Gasteiger partial charge in [-0.1, -0.05) is 30.3 Å². The molecule has 1 saturated heterocycles. The molecule has 1 aromatic heterocycles. The number of morpholine rings is 1. The van der Waals surface area contributed by atoms with Crippen LogP contribution in [0.25, 0.3) is 12.2 Å². The van der Waals surface area contributed by atoms with Crippen molar-refractivity contribution in [1.82, 2.24) is 4.98 Å². The van der Waals surface area contributed by atoms with Crippen molar-refractivity contribution in [3.05, 3.63) is 66.1 Å². The fraction of sp³-hybridized carbons (Fsp3) is 0.227. The Bertz CT molecular complexity index is 1120. The molecule has 1 aliphatic rings. The minimum absolute atomic E-state index is 0.0787. The smallest absolute Gasteiger partial charge is 0.236 e. The van der Waals surface area contributed by atoms with Crippen LogP contribution < -0.4 is 9.64 Å². The molecule has 30 heavy (non-hydrogen) atoms. The Kier molecular flexibility index (Phi) is 5.87. The average molecular weight is 426 g/mol. The van der Waals surface area contributed by atoms with Gasteiger partial charge >= 0.3 is 0 Å². The number of benzene rings is 2. The van der Waals surface area contributed by atoms with E-state index in [1.165, 1.54) is 0 Å². The predicted octanol–water partition coefficient (Wildman–Crippen LogP) is 3.52. The zero-order valence-corrected chi connectivity index (χ0v) is 17.3. The van der Waals surface area contributed by atoms with Crippen LogP contribution in [0.5, 0.6) is 5.75 Å². The minimum Gasteiger partial charge on any atom is -0.497 e. The second-order valence-corrected chi connectivity index (χ2v) is 8.55. The van der Waals surface area contributed by atoms with E-state index in [1.54, 1.807) is 43.5 Å². The first-order valence-electron chi connectivity index (χ1n) is 9.54. The second kappa shape index (κ2) is 8.73. The average Bonchev–Trinajstić information content (AvgIpc) is 3.24.